The fourth-order valence-electron chi connectivity index (χ4n) is 2.67. The van der Waals surface area contributed by atoms with Crippen LogP contribution in [0.5, 0.6) is 0 Å². The van der Waals surface area contributed by atoms with Gasteiger partial charge in [0, 0.05) is 35.3 Å². The molecule has 0 atom stereocenters. The van der Waals surface area contributed by atoms with Gasteiger partial charge in [-0.05, 0) is 54.6 Å². The van der Waals surface area contributed by atoms with Crippen LogP contribution in [0.1, 0.15) is 0 Å². The van der Waals surface area contributed by atoms with Gasteiger partial charge in [-0.25, -0.2) is 0 Å². The summed E-state index contributed by atoms with van der Waals surface area (Å²) in [6, 6.07) is 24.2. The highest BCUT2D eigenvalue weighted by atomic mass is 14.7. The molecule has 3 heterocycles. The van der Waals surface area contributed by atoms with Gasteiger partial charge in [-0.2, -0.15) is 0 Å². The molecule has 24 heavy (non-hydrogen) atoms. The van der Waals surface area contributed by atoms with Crippen LogP contribution in [0.15, 0.2) is 91.4 Å². The number of pyridine rings is 3. The Morgan fingerprint density at radius 1 is 0.417 bits per heavy atom. The van der Waals surface area contributed by atoms with Crippen LogP contribution >= 0.6 is 0 Å². The molecule has 4 rings (SSSR count). The first kappa shape index (κ1) is 14.3. The Morgan fingerprint density at radius 3 is 1.00 bits per heavy atom. The lowest BCUT2D eigenvalue weighted by Crippen LogP contribution is -1.90. The van der Waals surface area contributed by atoms with Gasteiger partial charge in [-0.1, -0.05) is 18.2 Å². The van der Waals surface area contributed by atoms with Crippen molar-refractivity contribution in [3.8, 4) is 33.8 Å². The van der Waals surface area contributed by atoms with E-state index in [4.69, 9.17) is 0 Å². The van der Waals surface area contributed by atoms with Gasteiger partial charge in [0.2, 0.25) is 0 Å². The normalized spacial score (nSPS) is 10.5. The Labute approximate surface area is 140 Å². The molecule has 0 spiro atoms. The Bertz CT molecular complexity index is 797. The number of hydrogen-bond donors (Lipinski definition) is 0. The minimum Gasteiger partial charge on any atom is -0.256 e. The molecule has 0 radical (unpaired) electrons. The van der Waals surface area contributed by atoms with Gasteiger partial charge in [0.15, 0.2) is 0 Å². The molecule has 114 valence electrons. The van der Waals surface area contributed by atoms with Crippen LogP contribution in [0.25, 0.3) is 33.8 Å². The second-order valence-corrected chi connectivity index (χ2v) is 5.44. The molecule has 3 heteroatoms. The maximum absolute atomic E-state index is 4.48. The lowest BCUT2D eigenvalue weighted by atomic mass is 9.99. The van der Waals surface area contributed by atoms with Crippen molar-refractivity contribution in [1.82, 2.24) is 15.0 Å². The third-order valence-corrected chi connectivity index (χ3v) is 3.81. The van der Waals surface area contributed by atoms with Gasteiger partial charge in [0.25, 0.3) is 0 Å². The maximum Gasteiger partial charge on any atom is 0.0702 e. The van der Waals surface area contributed by atoms with Crippen molar-refractivity contribution in [3.63, 3.8) is 0 Å². The average molecular weight is 309 g/mol. The summed E-state index contributed by atoms with van der Waals surface area (Å²) in [5.74, 6) is 0. The Kier molecular flexibility index (Phi) is 3.82. The molecule has 3 aromatic heterocycles. The lowest BCUT2D eigenvalue weighted by molar-refractivity contribution is 1.30. The molecule has 0 aliphatic heterocycles. The molecule has 3 nitrogen and oxygen atoms in total. The molecule has 0 fully saturated rings. The minimum absolute atomic E-state index is 0.937. The number of benzene rings is 1. The summed E-state index contributed by atoms with van der Waals surface area (Å²) >= 11 is 0. The van der Waals surface area contributed by atoms with Crippen LogP contribution in [0, 0.1) is 0 Å². The standard InChI is InChI=1S/C21H15N3/c1-4-10-22-19(7-1)16-13-17(20-8-2-5-11-23-20)15-18(14-16)21-9-3-6-12-24-21/h1-15H. The highest BCUT2D eigenvalue weighted by Gasteiger charge is 2.08. The summed E-state index contributed by atoms with van der Waals surface area (Å²) in [4.78, 5) is 13.4. The first-order valence-electron chi connectivity index (χ1n) is 7.79. The molecule has 0 amide bonds. The SMILES string of the molecule is c1ccc(-c2cc(-c3ccccn3)cc(-c3ccccn3)c2)nc1. The molecule has 0 saturated heterocycles. The van der Waals surface area contributed by atoms with E-state index in [1.54, 1.807) is 0 Å². The minimum atomic E-state index is 0.937. The average Bonchev–Trinajstić information content (AvgIpc) is 2.70. The molecule has 1 aromatic carbocycles. The van der Waals surface area contributed by atoms with Crippen molar-refractivity contribution in [2.75, 3.05) is 0 Å². The predicted octanol–water partition coefficient (Wildman–Crippen LogP) is 4.87. The highest BCUT2D eigenvalue weighted by molar-refractivity contribution is 5.77. The van der Waals surface area contributed by atoms with Crippen LogP contribution in [0.3, 0.4) is 0 Å². The van der Waals surface area contributed by atoms with E-state index >= 15 is 0 Å². The third kappa shape index (κ3) is 2.92. The van der Waals surface area contributed by atoms with E-state index in [1.807, 2.05) is 73.2 Å². The van der Waals surface area contributed by atoms with E-state index in [0.29, 0.717) is 0 Å². The van der Waals surface area contributed by atoms with E-state index in [-0.39, 0.29) is 0 Å². The summed E-state index contributed by atoms with van der Waals surface area (Å²) in [5, 5.41) is 0. The predicted molar refractivity (Wildman–Crippen MR) is 96.1 cm³/mol. The van der Waals surface area contributed by atoms with Crippen LogP contribution in [0.2, 0.25) is 0 Å². The molecule has 0 aliphatic rings. The fourth-order valence-corrected chi connectivity index (χ4v) is 2.67. The van der Waals surface area contributed by atoms with Gasteiger partial charge in [0.1, 0.15) is 0 Å². The van der Waals surface area contributed by atoms with Crippen molar-refractivity contribution < 1.29 is 0 Å². The monoisotopic (exact) mass is 309 g/mol. The van der Waals surface area contributed by atoms with Gasteiger partial charge in [0.05, 0.1) is 17.1 Å². The van der Waals surface area contributed by atoms with Gasteiger partial charge >= 0.3 is 0 Å². The van der Waals surface area contributed by atoms with Crippen LogP contribution in [0.4, 0.5) is 0 Å². The Balaban J connectivity index is 1.92. The zero-order chi connectivity index (χ0) is 16.2. The second-order valence-electron chi connectivity index (χ2n) is 5.44. The van der Waals surface area contributed by atoms with Crippen molar-refractivity contribution in [2.24, 2.45) is 0 Å². The third-order valence-electron chi connectivity index (χ3n) is 3.81. The molecule has 0 N–H and O–H groups in total. The number of nitrogens with zero attached hydrogens (tertiary/aromatic N) is 3. The van der Waals surface area contributed by atoms with E-state index in [2.05, 4.69) is 33.2 Å². The van der Waals surface area contributed by atoms with Crippen LogP contribution in [-0.2, 0) is 0 Å². The number of aromatic nitrogens is 3. The van der Waals surface area contributed by atoms with Crippen molar-refractivity contribution >= 4 is 0 Å². The summed E-state index contributed by atoms with van der Waals surface area (Å²) in [5.41, 5.74) is 5.98. The summed E-state index contributed by atoms with van der Waals surface area (Å²) in [6.45, 7) is 0. The van der Waals surface area contributed by atoms with E-state index < -0.39 is 0 Å². The zero-order valence-electron chi connectivity index (χ0n) is 13.0. The lowest BCUT2D eigenvalue weighted by Gasteiger charge is -2.09. The molecule has 0 unspecified atom stereocenters. The number of hydrogen-bond acceptors (Lipinski definition) is 3. The summed E-state index contributed by atoms with van der Waals surface area (Å²) in [7, 11) is 0. The van der Waals surface area contributed by atoms with E-state index in [0.717, 1.165) is 33.8 Å². The van der Waals surface area contributed by atoms with Crippen molar-refractivity contribution in [2.45, 2.75) is 0 Å². The zero-order valence-corrected chi connectivity index (χ0v) is 13.0. The first-order valence-corrected chi connectivity index (χ1v) is 7.79. The number of rotatable bonds is 3. The van der Waals surface area contributed by atoms with Gasteiger partial charge in [-0.3, -0.25) is 15.0 Å². The molecule has 4 aromatic rings. The fraction of sp³-hybridized carbons (Fsp3) is 0. The molecular formula is C21H15N3. The van der Waals surface area contributed by atoms with Crippen molar-refractivity contribution in [1.29, 1.82) is 0 Å². The Morgan fingerprint density at radius 2 is 0.750 bits per heavy atom. The highest BCUT2D eigenvalue weighted by Crippen LogP contribution is 2.30. The molecule has 0 aliphatic carbocycles. The van der Waals surface area contributed by atoms with Gasteiger partial charge in [-0.15, -0.1) is 0 Å². The quantitative estimate of drug-likeness (QED) is 0.542. The molecular weight excluding hydrogens is 294 g/mol. The smallest absolute Gasteiger partial charge is 0.0702 e. The van der Waals surface area contributed by atoms with Crippen LogP contribution in [-0.4, -0.2) is 15.0 Å². The molecule has 0 bridgehead atoms. The van der Waals surface area contributed by atoms with Gasteiger partial charge < -0.3 is 0 Å². The van der Waals surface area contributed by atoms with E-state index in [1.165, 1.54) is 0 Å². The summed E-state index contributed by atoms with van der Waals surface area (Å²) < 4.78 is 0. The topological polar surface area (TPSA) is 38.7 Å². The van der Waals surface area contributed by atoms with E-state index in [9.17, 15) is 0 Å². The molecule has 0 saturated carbocycles. The first-order chi connectivity index (χ1) is 11.9. The Hall–Kier alpha value is -3.33. The van der Waals surface area contributed by atoms with Crippen LogP contribution < -0.4 is 0 Å². The second kappa shape index (κ2) is 6.42. The van der Waals surface area contributed by atoms with Crippen molar-refractivity contribution in [3.05, 3.63) is 91.4 Å². The maximum atomic E-state index is 4.48. The summed E-state index contributed by atoms with van der Waals surface area (Å²) in [6.07, 6.45) is 5.43. The largest absolute Gasteiger partial charge is 0.256 e.